The maximum atomic E-state index is 9.95. The van der Waals surface area contributed by atoms with Gasteiger partial charge in [0, 0.05) is 18.6 Å². The summed E-state index contributed by atoms with van der Waals surface area (Å²) in [6.07, 6.45) is -5.21. The molecule has 0 unspecified atom stereocenters. The second kappa shape index (κ2) is 12.4. The average molecular weight is 351 g/mol. The lowest BCUT2D eigenvalue weighted by Crippen LogP contribution is -2.59. The molecule has 1 saturated heterocycles. The predicted molar refractivity (Wildman–Crippen MR) is 80.2 cm³/mol. The van der Waals surface area contributed by atoms with E-state index in [1.807, 2.05) is 0 Å². The van der Waals surface area contributed by atoms with Crippen molar-refractivity contribution in [2.75, 3.05) is 53.3 Å². The maximum Gasteiger partial charge on any atom is 0.186 e. The summed E-state index contributed by atoms with van der Waals surface area (Å²) >= 11 is 0. The second-order valence-electron chi connectivity index (χ2n) is 4.96. The van der Waals surface area contributed by atoms with Gasteiger partial charge in [-0.05, 0) is 5.53 Å². The summed E-state index contributed by atoms with van der Waals surface area (Å²) in [5.41, 5.74) is 8.07. The Balaban J connectivity index is 2.14. The van der Waals surface area contributed by atoms with E-state index in [9.17, 15) is 15.3 Å². The first-order chi connectivity index (χ1) is 11.7. The molecule has 0 radical (unpaired) electrons. The van der Waals surface area contributed by atoms with E-state index in [1.54, 1.807) is 0 Å². The molecule has 0 aromatic heterocycles. The zero-order valence-corrected chi connectivity index (χ0v) is 13.6. The molecule has 5 atom stereocenters. The first-order valence-corrected chi connectivity index (χ1v) is 7.58. The van der Waals surface area contributed by atoms with Crippen molar-refractivity contribution in [3.05, 3.63) is 10.4 Å². The molecule has 0 bridgehead atoms. The van der Waals surface area contributed by atoms with Gasteiger partial charge < -0.3 is 39.0 Å². The zero-order valence-electron chi connectivity index (χ0n) is 13.6. The smallest absolute Gasteiger partial charge is 0.186 e. The van der Waals surface area contributed by atoms with Gasteiger partial charge in [0.2, 0.25) is 0 Å². The van der Waals surface area contributed by atoms with Gasteiger partial charge in [-0.2, -0.15) is 0 Å². The molecule has 11 nitrogen and oxygen atoms in total. The van der Waals surface area contributed by atoms with Crippen molar-refractivity contribution in [2.24, 2.45) is 5.11 Å². The van der Waals surface area contributed by atoms with Crippen LogP contribution in [0.3, 0.4) is 0 Å². The SMILES string of the molecule is CO[C@H]1[C@H](O)[C@H](O)[C@@H](OCCOCCOCCN=[N+]=[N-])O[C@@H]1CO. The van der Waals surface area contributed by atoms with Crippen LogP contribution in [-0.4, -0.2) is 99.3 Å². The minimum absolute atomic E-state index is 0.128. The molecule has 0 spiro atoms. The Hall–Kier alpha value is -1.01. The van der Waals surface area contributed by atoms with Gasteiger partial charge in [-0.3, -0.25) is 0 Å². The standard InChI is InChI=1S/C13H25N3O8/c1-20-12-9(8-17)24-13(11(19)10(12)18)23-7-6-22-5-4-21-3-2-15-16-14/h9-13,17-19H,2-8H2,1H3/t9-,10-,11+,12-,13+/m1/s1. The number of hydrogen-bond acceptors (Lipinski definition) is 9. The normalized spacial score (nSPS) is 30.1. The lowest BCUT2D eigenvalue weighted by molar-refractivity contribution is -0.305. The molecule has 0 aliphatic carbocycles. The molecular weight excluding hydrogens is 326 g/mol. The Kier molecular flexibility index (Phi) is 10.8. The van der Waals surface area contributed by atoms with Crippen molar-refractivity contribution in [1.29, 1.82) is 0 Å². The number of azide groups is 1. The van der Waals surface area contributed by atoms with Crippen molar-refractivity contribution in [1.82, 2.24) is 0 Å². The average Bonchev–Trinajstić information content (AvgIpc) is 2.59. The second-order valence-corrected chi connectivity index (χ2v) is 4.96. The van der Waals surface area contributed by atoms with Gasteiger partial charge in [0.25, 0.3) is 0 Å². The minimum Gasteiger partial charge on any atom is -0.394 e. The molecule has 3 N–H and O–H groups in total. The van der Waals surface area contributed by atoms with Crippen LogP contribution in [0.1, 0.15) is 0 Å². The Morgan fingerprint density at radius 1 is 1.08 bits per heavy atom. The van der Waals surface area contributed by atoms with Crippen LogP contribution in [0.5, 0.6) is 0 Å². The van der Waals surface area contributed by atoms with E-state index in [-0.39, 0.29) is 26.4 Å². The van der Waals surface area contributed by atoms with Crippen LogP contribution >= 0.6 is 0 Å². The van der Waals surface area contributed by atoms with Crippen molar-refractivity contribution in [3.63, 3.8) is 0 Å². The molecule has 24 heavy (non-hydrogen) atoms. The van der Waals surface area contributed by atoms with E-state index in [0.29, 0.717) is 19.8 Å². The van der Waals surface area contributed by atoms with Gasteiger partial charge in [0.1, 0.15) is 24.4 Å². The summed E-state index contributed by atoms with van der Waals surface area (Å²) in [5, 5.41) is 32.4. The molecule has 0 aromatic carbocycles. The van der Waals surface area contributed by atoms with Crippen molar-refractivity contribution >= 4 is 0 Å². The molecule has 1 rings (SSSR count). The fourth-order valence-corrected chi connectivity index (χ4v) is 2.18. The maximum absolute atomic E-state index is 9.95. The highest BCUT2D eigenvalue weighted by atomic mass is 16.7. The van der Waals surface area contributed by atoms with Crippen LogP contribution in [0.15, 0.2) is 5.11 Å². The molecule has 140 valence electrons. The van der Waals surface area contributed by atoms with E-state index in [4.69, 9.17) is 29.2 Å². The Morgan fingerprint density at radius 3 is 2.38 bits per heavy atom. The van der Waals surface area contributed by atoms with Crippen LogP contribution in [0, 0.1) is 0 Å². The summed E-state index contributed by atoms with van der Waals surface area (Å²) in [4.78, 5) is 2.59. The van der Waals surface area contributed by atoms with Crippen LogP contribution in [0.25, 0.3) is 10.4 Å². The third-order valence-corrected chi connectivity index (χ3v) is 3.37. The van der Waals surface area contributed by atoms with E-state index < -0.39 is 30.7 Å². The van der Waals surface area contributed by atoms with Gasteiger partial charge in [-0.1, -0.05) is 5.11 Å². The Bertz CT molecular complexity index is 380. The van der Waals surface area contributed by atoms with Crippen molar-refractivity contribution in [2.45, 2.75) is 30.7 Å². The largest absolute Gasteiger partial charge is 0.394 e. The highest BCUT2D eigenvalue weighted by Gasteiger charge is 2.45. The summed E-state index contributed by atoms with van der Waals surface area (Å²) in [5.74, 6) is 0. The molecule has 1 aliphatic heterocycles. The number of aliphatic hydroxyl groups is 3. The number of nitrogens with zero attached hydrogens (tertiary/aromatic N) is 3. The van der Waals surface area contributed by atoms with Gasteiger partial charge in [-0.15, -0.1) is 0 Å². The number of aliphatic hydroxyl groups excluding tert-OH is 3. The monoisotopic (exact) mass is 351 g/mol. The Morgan fingerprint density at radius 2 is 1.75 bits per heavy atom. The van der Waals surface area contributed by atoms with E-state index in [1.165, 1.54) is 7.11 Å². The number of ether oxygens (including phenoxy) is 5. The summed E-state index contributed by atoms with van der Waals surface area (Å²) in [6, 6.07) is 0. The third-order valence-electron chi connectivity index (χ3n) is 3.37. The molecule has 11 heteroatoms. The summed E-state index contributed by atoms with van der Waals surface area (Å²) in [7, 11) is 1.36. The first kappa shape index (κ1) is 21.0. The topological polar surface area (TPSA) is 156 Å². The molecule has 1 fully saturated rings. The number of rotatable bonds is 12. The molecule has 0 amide bonds. The highest BCUT2D eigenvalue weighted by Crippen LogP contribution is 2.23. The van der Waals surface area contributed by atoms with Crippen molar-refractivity contribution < 1.29 is 39.0 Å². The van der Waals surface area contributed by atoms with E-state index in [0.717, 1.165) is 0 Å². The van der Waals surface area contributed by atoms with Gasteiger partial charge in [-0.25, -0.2) is 0 Å². The molecule has 1 heterocycles. The molecule has 0 aromatic rings. The zero-order chi connectivity index (χ0) is 17.8. The van der Waals surface area contributed by atoms with Crippen LogP contribution in [0.4, 0.5) is 0 Å². The van der Waals surface area contributed by atoms with Crippen LogP contribution in [0.2, 0.25) is 0 Å². The fraction of sp³-hybridized carbons (Fsp3) is 1.00. The Labute approximate surface area is 139 Å². The lowest BCUT2D eigenvalue weighted by Gasteiger charge is -2.41. The summed E-state index contributed by atoms with van der Waals surface area (Å²) in [6.45, 7) is 1.28. The van der Waals surface area contributed by atoms with Gasteiger partial charge >= 0.3 is 0 Å². The molecule has 1 aliphatic rings. The summed E-state index contributed by atoms with van der Waals surface area (Å²) < 4.78 is 26.1. The number of methoxy groups -OCH3 is 1. The minimum atomic E-state index is -1.29. The lowest BCUT2D eigenvalue weighted by atomic mass is 9.99. The third kappa shape index (κ3) is 6.85. The fourth-order valence-electron chi connectivity index (χ4n) is 2.18. The highest BCUT2D eigenvalue weighted by molar-refractivity contribution is 4.89. The molecular formula is C13H25N3O8. The molecule has 0 saturated carbocycles. The van der Waals surface area contributed by atoms with Crippen LogP contribution < -0.4 is 0 Å². The van der Waals surface area contributed by atoms with E-state index >= 15 is 0 Å². The van der Waals surface area contributed by atoms with Crippen LogP contribution in [-0.2, 0) is 23.7 Å². The quantitative estimate of drug-likeness (QED) is 0.171. The predicted octanol–water partition coefficient (Wildman–Crippen LogP) is -1.20. The van der Waals surface area contributed by atoms with Gasteiger partial charge in [0.05, 0.1) is 39.6 Å². The van der Waals surface area contributed by atoms with Gasteiger partial charge in [0.15, 0.2) is 6.29 Å². The van der Waals surface area contributed by atoms with Crippen molar-refractivity contribution in [3.8, 4) is 0 Å². The van der Waals surface area contributed by atoms with E-state index in [2.05, 4.69) is 10.0 Å². The first-order valence-electron chi connectivity index (χ1n) is 7.58. The number of hydrogen-bond donors (Lipinski definition) is 3.